The minimum Gasteiger partial charge on any atom is -0.312 e. The molecule has 1 aromatic rings. The lowest BCUT2D eigenvalue weighted by molar-refractivity contribution is 0.132. The Kier molecular flexibility index (Phi) is 8.37. The van der Waals surface area contributed by atoms with Gasteiger partial charge < -0.3 is 5.32 Å². The first-order valence-electron chi connectivity index (χ1n) is 8.39. The Labute approximate surface area is 140 Å². The molecule has 2 atom stereocenters. The fraction of sp³-hybridized carbons (Fsp3) is 0.667. The monoisotopic (exact) mass is 328 g/mol. The minimum absolute atomic E-state index is 0.200. The Morgan fingerprint density at radius 1 is 1.36 bits per heavy atom. The van der Waals surface area contributed by atoms with Crippen LogP contribution in [-0.4, -0.2) is 30.6 Å². The van der Waals surface area contributed by atoms with E-state index >= 15 is 0 Å². The zero-order chi connectivity index (χ0) is 16.7. The average molecular weight is 329 g/mol. The average Bonchev–Trinajstić information content (AvgIpc) is 2.49. The third-order valence-corrected chi connectivity index (χ3v) is 4.17. The predicted molar refractivity (Wildman–Crippen MR) is 94.0 cm³/mol. The SMILES string of the molecule is CC.CC(C)CC(c1ccc(Cl)c(F)c1)N1CCNC(C)C1. The molecular weight excluding hydrogens is 299 g/mol. The summed E-state index contributed by atoms with van der Waals surface area (Å²) in [7, 11) is 0. The summed E-state index contributed by atoms with van der Waals surface area (Å²) in [5.41, 5.74) is 1.04. The van der Waals surface area contributed by atoms with Crippen molar-refractivity contribution in [2.75, 3.05) is 19.6 Å². The standard InChI is InChI=1S/C16H24ClFN2.C2H6/c1-11(2)8-16(20-7-6-19-12(3)10-20)13-4-5-14(17)15(18)9-13;1-2/h4-5,9,11-12,16,19H,6-8,10H2,1-3H3;1-2H3. The summed E-state index contributed by atoms with van der Waals surface area (Å²) >= 11 is 5.80. The van der Waals surface area contributed by atoms with Gasteiger partial charge in [-0.25, -0.2) is 4.39 Å². The van der Waals surface area contributed by atoms with Crippen LogP contribution in [0.5, 0.6) is 0 Å². The van der Waals surface area contributed by atoms with E-state index < -0.39 is 0 Å². The van der Waals surface area contributed by atoms with E-state index in [0.717, 1.165) is 31.6 Å². The van der Waals surface area contributed by atoms with E-state index in [-0.39, 0.29) is 16.9 Å². The number of nitrogens with one attached hydrogen (secondary N) is 1. The molecule has 0 aromatic heterocycles. The minimum atomic E-state index is -0.318. The molecule has 2 nitrogen and oxygen atoms in total. The van der Waals surface area contributed by atoms with E-state index in [9.17, 15) is 4.39 Å². The Balaban J connectivity index is 0.00000116. The van der Waals surface area contributed by atoms with Crippen molar-refractivity contribution < 1.29 is 4.39 Å². The maximum atomic E-state index is 13.8. The lowest BCUT2D eigenvalue weighted by atomic mass is 9.94. The van der Waals surface area contributed by atoms with Gasteiger partial charge in [-0.2, -0.15) is 0 Å². The molecule has 1 N–H and O–H groups in total. The molecule has 2 rings (SSSR count). The number of halogens is 2. The summed E-state index contributed by atoms with van der Waals surface area (Å²) < 4.78 is 13.8. The first-order chi connectivity index (χ1) is 10.5. The van der Waals surface area contributed by atoms with Gasteiger partial charge in [0.2, 0.25) is 0 Å². The molecule has 1 saturated heterocycles. The molecule has 0 spiro atoms. The van der Waals surface area contributed by atoms with Crippen LogP contribution >= 0.6 is 11.6 Å². The van der Waals surface area contributed by atoms with Crippen LogP contribution in [-0.2, 0) is 0 Å². The normalized spacial score (nSPS) is 20.5. The first-order valence-corrected chi connectivity index (χ1v) is 8.77. The number of nitrogens with zero attached hydrogens (tertiary/aromatic N) is 1. The molecule has 1 aliphatic heterocycles. The molecule has 0 aliphatic carbocycles. The summed E-state index contributed by atoms with van der Waals surface area (Å²) in [6, 6.07) is 5.99. The topological polar surface area (TPSA) is 15.3 Å². The van der Waals surface area contributed by atoms with Gasteiger partial charge in [-0.05, 0) is 37.0 Å². The molecule has 1 fully saturated rings. The van der Waals surface area contributed by atoms with Crippen molar-refractivity contribution in [2.45, 2.75) is 53.1 Å². The Bertz CT molecular complexity index is 451. The van der Waals surface area contributed by atoms with Crippen molar-refractivity contribution in [3.63, 3.8) is 0 Å². The number of benzene rings is 1. The Morgan fingerprint density at radius 2 is 2.05 bits per heavy atom. The van der Waals surface area contributed by atoms with Gasteiger partial charge in [-0.15, -0.1) is 0 Å². The molecule has 126 valence electrons. The van der Waals surface area contributed by atoms with Crippen LogP contribution < -0.4 is 5.32 Å². The highest BCUT2D eigenvalue weighted by molar-refractivity contribution is 6.30. The van der Waals surface area contributed by atoms with Crippen LogP contribution in [0.15, 0.2) is 18.2 Å². The second kappa shape index (κ2) is 9.49. The highest BCUT2D eigenvalue weighted by Crippen LogP contribution is 2.30. The van der Waals surface area contributed by atoms with Crippen molar-refractivity contribution in [3.05, 3.63) is 34.6 Å². The van der Waals surface area contributed by atoms with Gasteiger partial charge in [0, 0.05) is 31.7 Å². The van der Waals surface area contributed by atoms with E-state index in [0.29, 0.717) is 12.0 Å². The van der Waals surface area contributed by atoms with Gasteiger partial charge in [0.1, 0.15) is 5.82 Å². The highest BCUT2D eigenvalue weighted by atomic mass is 35.5. The Morgan fingerprint density at radius 3 is 2.59 bits per heavy atom. The summed E-state index contributed by atoms with van der Waals surface area (Å²) in [4.78, 5) is 2.46. The van der Waals surface area contributed by atoms with Crippen LogP contribution in [0.25, 0.3) is 0 Å². The second-order valence-corrected chi connectivity index (χ2v) is 6.58. The summed E-state index contributed by atoms with van der Waals surface area (Å²) in [5.74, 6) is 0.255. The molecular formula is C18H30ClFN2. The maximum absolute atomic E-state index is 13.8. The van der Waals surface area contributed by atoms with Crippen molar-refractivity contribution in [1.82, 2.24) is 10.2 Å². The summed E-state index contributed by atoms with van der Waals surface area (Å²) in [6.07, 6.45) is 1.04. The van der Waals surface area contributed by atoms with Crippen LogP contribution in [0.2, 0.25) is 5.02 Å². The fourth-order valence-corrected chi connectivity index (χ4v) is 3.02. The van der Waals surface area contributed by atoms with Gasteiger partial charge in [0.15, 0.2) is 0 Å². The van der Waals surface area contributed by atoms with E-state index in [1.165, 1.54) is 0 Å². The molecule has 0 radical (unpaired) electrons. The smallest absolute Gasteiger partial charge is 0.142 e. The molecule has 1 aromatic carbocycles. The summed E-state index contributed by atoms with van der Waals surface area (Å²) in [5, 5.41) is 3.65. The molecule has 22 heavy (non-hydrogen) atoms. The van der Waals surface area contributed by atoms with Crippen molar-refractivity contribution >= 4 is 11.6 Å². The molecule has 2 unspecified atom stereocenters. The van der Waals surface area contributed by atoms with E-state index in [4.69, 9.17) is 11.6 Å². The molecule has 0 saturated carbocycles. The van der Waals surface area contributed by atoms with Gasteiger partial charge >= 0.3 is 0 Å². The van der Waals surface area contributed by atoms with Gasteiger partial charge in [0.05, 0.1) is 5.02 Å². The lowest BCUT2D eigenvalue weighted by Gasteiger charge is -2.39. The van der Waals surface area contributed by atoms with Crippen LogP contribution in [0, 0.1) is 11.7 Å². The van der Waals surface area contributed by atoms with E-state index in [1.807, 2.05) is 19.9 Å². The number of hydrogen-bond donors (Lipinski definition) is 1. The van der Waals surface area contributed by atoms with Gasteiger partial charge in [-0.3, -0.25) is 4.90 Å². The number of piperazine rings is 1. The van der Waals surface area contributed by atoms with Gasteiger partial charge in [-0.1, -0.05) is 45.4 Å². The van der Waals surface area contributed by atoms with Crippen molar-refractivity contribution in [2.24, 2.45) is 5.92 Å². The van der Waals surface area contributed by atoms with E-state index in [1.54, 1.807) is 12.1 Å². The molecule has 0 amide bonds. The number of hydrogen-bond acceptors (Lipinski definition) is 2. The first kappa shape index (κ1) is 19.4. The van der Waals surface area contributed by atoms with Gasteiger partial charge in [0.25, 0.3) is 0 Å². The molecule has 1 heterocycles. The zero-order valence-electron chi connectivity index (χ0n) is 14.5. The fourth-order valence-electron chi connectivity index (χ4n) is 2.91. The zero-order valence-corrected chi connectivity index (χ0v) is 15.3. The van der Waals surface area contributed by atoms with Crippen molar-refractivity contribution in [1.29, 1.82) is 0 Å². The largest absolute Gasteiger partial charge is 0.312 e. The molecule has 1 aliphatic rings. The molecule has 0 bridgehead atoms. The maximum Gasteiger partial charge on any atom is 0.142 e. The quantitative estimate of drug-likeness (QED) is 0.846. The lowest BCUT2D eigenvalue weighted by Crippen LogP contribution is -2.50. The molecule has 4 heteroatoms. The second-order valence-electron chi connectivity index (χ2n) is 6.17. The summed E-state index contributed by atoms with van der Waals surface area (Å²) in [6.45, 7) is 13.6. The van der Waals surface area contributed by atoms with Crippen LogP contribution in [0.4, 0.5) is 4.39 Å². The van der Waals surface area contributed by atoms with Crippen molar-refractivity contribution in [3.8, 4) is 0 Å². The van der Waals surface area contributed by atoms with E-state index in [2.05, 4.69) is 31.0 Å². The Hall–Kier alpha value is -0.640. The number of rotatable bonds is 4. The van der Waals surface area contributed by atoms with Crippen LogP contribution in [0.1, 0.15) is 52.6 Å². The third kappa shape index (κ3) is 5.53. The predicted octanol–water partition coefficient (Wildman–Crippen LogP) is 4.89. The van der Waals surface area contributed by atoms with Crippen LogP contribution in [0.3, 0.4) is 0 Å². The highest BCUT2D eigenvalue weighted by Gasteiger charge is 2.26. The third-order valence-electron chi connectivity index (χ3n) is 3.86.